The maximum Gasteiger partial charge on any atom is 0.191 e. The Labute approximate surface area is 155 Å². The van der Waals surface area contributed by atoms with Crippen LogP contribution in [0.25, 0.3) is 10.9 Å². The third-order valence-corrected chi connectivity index (χ3v) is 3.47. The molecule has 0 aliphatic carbocycles. The van der Waals surface area contributed by atoms with E-state index in [4.69, 9.17) is 4.74 Å². The fourth-order valence-electron chi connectivity index (χ4n) is 2.31. The number of benzene rings is 1. The van der Waals surface area contributed by atoms with Crippen LogP contribution in [-0.4, -0.2) is 37.7 Å². The summed E-state index contributed by atoms with van der Waals surface area (Å²) in [6.07, 6.45) is 2.15. The Balaban J connectivity index is 0.00000264. The quantitative estimate of drug-likeness (QED) is 0.261. The number of rotatable bonds is 8. The van der Waals surface area contributed by atoms with Crippen LogP contribution in [-0.2, 0) is 11.3 Å². The van der Waals surface area contributed by atoms with Crippen molar-refractivity contribution in [2.45, 2.75) is 26.3 Å². The van der Waals surface area contributed by atoms with Gasteiger partial charge in [-0.15, -0.1) is 24.0 Å². The summed E-state index contributed by atoms with van der Waals surface area (Å²) in [6, 6.07) is 10.5. The molecular formula is C17H27IN4O. The van der Waals surface area contributed by atoms with E-state index in [1.165, 1.54) is 5.39 Å². The van der Waals surface area contributed by atoms with Crippen LogP contribution >= 0.6 is 24.0 Å². The summed E-state index contributed by atoms with van der Waals surface area (Å²) >= 11 is 0. The van der Waals surface area contributed by atoms with Crippen LogP contribution in [0, 0.1) is 0 Å². The molecule has 6 heteroatoms. The summed E-state index contributed by atoms with van der Waals surface area (Å²) in [7, 11) is 1.79. The first-order valence-electron chi connectivity index (χ1n) is 7.92. The average molecular weight is 430 g/mol. The van der Waals surface area contributed by atoms with Gasteiger partial charge in [0.2, 0.25) is 0 Å². The third kappa shape index (κ3) is 6.78. The number of nitrogens with zero attached hydrogens (tertiary/aromatic N) is 1. The Morgan fingerprint density at radius 3 is 2.78 bits per heavy atom. The minimum Gasteiger partial charge on any atom is -0.382 e. The molecule has 0 bridgehead atoms. The van der Waals surface area contributed by atoms with E-state index >= 15 is 0 Å². The lowest BCUT2D eigenvalue weighted by Crippen LogP contribution is -2.37. The molecule has 1 heterocycles. The number of aromatic amines is 1. The summed E-state index contributed by atoms with van der Waals surface area (Å²) < 4.78 is 5.32. The van der Waals surface area contributed by atoms with Crippen LogP contribution in [0.2, 0.25) is 0 Å². The van der Waals surface area contributed by atoms with E-state index in [2.05, 4.69) is 44.9 Å². The first-order chi connectivity index (χ1) is 10.8. The molecule has 23 heavy (non-hydrogen) atoms. The number of aliphatic imine (C=N–C) groups is 1. The SMILES string of the molecule is CCOCCCCNC(=NC)NCc1cc2ccccc2[nH]1.I. The second-order valence-electron chi connectivity index (χ2n) is 5.14. The summed E-state index contributed by atoms with van der Waals surface area (Å²) in [6.45, 7) is 5.28. The standard InChI is InChI=1S/C17H26N4O.HI/c1-3-22-11-7-6-10-19-17(18-2)20-13-15-12-14-8-4-5-9-16(14)21-15;/h4-5,8-9,12,21H,3,6-7,10-11,13H2,1-2H3,(H2,18,19,20);1H. The minimum absolute atomic E-state index is 0. The molecule has 0 saturated heterocycles. The van der Waals surface area contributed by atoms with E-state index in [9.17, 15) is 0 Å². The molecule has 0 unspecified atom stereocenters. The van der Waals surface area contributed by atoms with Gasteiger partial charge in [0.05, 0.1) is 6.54 Å². The van der Waals surface area contributed by atoms with E-state index in [0.717, 1.165) is 56.3 Å². The number of hydrogen-bond acceptors (Lipinski definition) is 2. The van der Waals surface area contributed by atoms with Crippen LogP contribution < -0.4 is 10.6 Å². The molecule has 5 nitrogen and oxygen atoms in total. The van der Waals surface area contributed by atoms with Gasteiger partial charge in [-0.25, -0.2) is 0 Å². The predicted molar refractivity (Wildman–Crippen MR) is 108 cm³/mol. The fourth-order valence-corrected chi connectivity index (χ4v) is 2.31. The van der Waals surface area contributed by atoms with Crippen molar-refractivity contribution in [3.63, 3.8) is 0 Å². The Morgan fingerprint density at radius 1 is 1.22 bits per heavy atom. The van der Waals surface area contributed by atoms with Gasteiger partial charge in [-0.1, -0.05) is 18.2 Å². The Morgan fingerprint density at radius 2 is 2.04 bits per heavy atom. The highest BCUT2D eigenvalue weighted by atomic mass is 127. The number of aromatic nitrogens is 1. The number of H-pyrrole nitrogens is 1. The van der Waals surface area contributed by atoms with Crippen LogP contribution in [0.5, 0.6) is 0 Å². The van der Waals surface area contributed by atoms with Gasteiger partial charge in [-0.3, -0.25) is 4.99 Å². The van der Waals surface area contributed by atoms with Crippen LogP contribution in [0.15, 0.2) is 35.3 Å². The van der Waals surface area contributed by atoms with Gasteiger partial charge >= 0.3 is 0 Å². The molecule has 2 rings (SSSR count). The van der Waals surface area contributed by atoms with E-state index in [-0.39, 0.29) is 24.0 Å². The van der Waals surface area contributed by atoms with Crippen molar-refractivity contribution in [2.75, 3.05) is 26.8 Å². The van der Waals surface area contributed by atoms with Crippen molar-refractivity contribution in [3.8, 4) is 0 Å². The molecule has 0 aliphatic heterocycles. The van der Waals surface area contributed by atoms with Crippen LogP contribution in [0.4, 0.5) is 0 Å². The highest BCUT2D eigenvalue weighted by Crippen LogP contribution is 2.14. The number of unbranched alkanes of at least 4 members (excludes halogenated alkanes) is 1. The summed E-state index contributed by atoms with van der Waals surface area (Å²) in [5.41, 5.74) is 2.32. The van der Waals surface area contributed by atoms with E-state index in [1.807, 2.05) is 13.0 Å². The van der Waals surface area contributed by atoms with E-state index < -0.39 is 0 Å². The average Bonchev–Trinajstić information content (AvgIpc) is 2.96. The van der Waals surface area contributed by atoms with Crippen molar-refractivity contribution in [1.29, 1.82) is 0 Å². The van der Waals surface area contributed by atoms with Crippen LogP contribution in [0.3, 0.4) is 0 Å². The normalized spacial score (nSPS) is 11.3. The molecular weight excluding hydrogens is 403 g/mol. The van der Waals surface area contributed by atoms with Crippen molar-refractivity contribution < 1.29 is 4.74 Å². The Kier molecular flexibility index (Phi) is 9.70. The monoisotopic (exact) mass is 430 g/mol. The molecule has 0 fully saturated rings. The molecule has 0 amide bonds. The molecule has 0 aliphatic rings. The molecule has 0 radical (unpaired) electrons. The molecule has 128 valence electrons. The molecule has 2 aromatic rings. The van der Waals surface area contributed by atoms with Gasteiger partial charge in [0.25, 0.3) is 0 Å². The topological polar surface area (TPSA) is 61.4 Å². The van der Waals surface area contributed by atoms with E-state index in [1.54, 1.807) is 7.05 Å². The molecule has 3 N–H and O–H groups in total. The number of ether oxygens (including phenoxy) is 1. The lowest BCUT2D eigenvalue weighted by atomic mass is 10.2. The van der Waals surface area contributed by atoms with Crippen molar-refractivity contribution in [1.82, 2.24) is 15.6 Å². The number of para-hydroxylation sites is 1. The molecule has 0 spiro atoms. The number of guanidine groups is 1. The zero-order valence-electron chi connectivity index (χ0n) is 13.9. The molecule has 1 aromatic heterocycles. The van der Waals surface area contributed by atoms with Crippen molar-refractivity contribution in [2.24, 2.45) is 4.99 Å². The molecule has 1 aromatic carbocycles. The highest BCUT2D eigenvalue weighted by Gasteiger charge is 2.01. The Hall–Kier alpha value is -1.28. The van der Waals surface area contributed by atoms with Gasteiger partial charge in [-0.05, 0) is 37.3 Å². The van der Waals surface area contributed by atoms with Gasteiger partial charge in [0, 0.05) is 38.0 Å². The minimum atomic E-state index is 0. The van der Waals surface area contributed by atoms with Gasteiger partial charge < -0.3 is 20.4 Å². The maximum absolute atomic E-state index is 5.32. The summed E-state index contributed by atoms with van der Waals surface area (Å²) in [4.78, 5) is 7.64. The van der Waals surface area contributed by atoms with Gasteiger partial charge in [0.15, 0.2) is 5.96 Å². The van der Waals surface area contributed by atoms with Crippen molar-refractivity contribution in [3.05, 3.63) is 36.0 Å². The smallest absolute Gasteiger partial charge is 0.191 e. The second kappa shape index (κ2) is 11.3. The fraction of sp³-hybridized carbons (Fsp3) is 0.471. The zero-order valence-corrected chi connectivity index (χ0v) is 16.2. The predicted octanol–water partition coefficient (Wildman–Crippen LogP) is 3.27. The largest absolute Gasteiger partial charge is 0.382 e. The Bertz CT molecular complexity index is 564. The summed E-state index contributed by atoms with van der Waals surface area (Å²) in [5, 5.41) is 7.88. The number of nitrogens with one attached hydrogen (secondary N) is 3. The second-order valence-corrected chi connectivity index (χ2v) is 5.14. The number of halogens is 1. The first-order valence-corrected chi connectivity index (χ1v) is 7.92. The first kappa shape index (κ1) is 19.8. The maximum atomic E-state index is 5.32. The lowest BCUT2D eigenvalue weighted by molar-refractivity contribution is 0.143. The lowest BCUT2D eigenvalue weighted by Gasteiger charge is -2.11. The van der Waals surface area contributed by atoms with Gasteiger partial charge in [0.1, 0.15) is 0 Å². The summed E-state index contributed by atoms with van der Waals surface area (Å²) in [5.74, 6) is 0.829. The van der Waals surface area contributed by atoms with Crippen LogP contribution in [0.1, 0.15) is 25.5 Å². The van der Waals surface area contributed by atoms with Gasteiger partial charge in [-0.2, -0.15) is 0 Å². The molecule has 0 saturated carbocycles. The number of hydrogen-bond donors (Lipinski definition) is 3. The van der Waals surface area contributed by atoms with E-state index in [0.29, 0.717) is 0 Å². The number of fused-ring (bicyclic) bond motifs is 1. The molecule has 0 atom stereocenters. The third-order valence-electron chi connectivity index (χ3n) is 3.47. The highest BCUT2D eigenvalue weighted by molar-refractivity contribution is 14.0. The van der Waals surface area contributed by atoms with Crippen molar-refractivity contribution >= 4 is 40.8 Å². The zero-order chi connectivity index (χ0) is 15.6.